The number of nitrogens with one attached hydrogen (secondary N) is 3. The van der Waals surface area contributed by atoms with E-state index in [9.17, 15) is 9.59 Å². The van der Waals surface area contributed by atoms with Crippen LogP contribution in [0.25, 0.3) is 0 Å². The topological polar surface area (TPSA) is 134 Å². The molecule has 7 heteroatoms. The molecular formula is C16H25N5O2. The van der Waals surface area contributed by atoms with Crippen LogP contribution < -0.4 is 22.1 Å². The van der Waals surface area contributed by atoms with Gasteiger partial charge in [0.1, 0.15) is 6.04 Å². The van der Waals surface area contributed by atoms with Crippen LogP contribution in [0, 0.1) is 12.3 Å². The number of carbonyl (C=O) groups is 2. The molecule has 0 spiro atoms. The quantitative estimate of drug-likeness (QED) is 0.252. The van der Waals surface area contributed by atoms with Crippen molar-refractivity contribution >= 4 is 17.8 Å². The van der Waals surface area contributed by atoms with E-state index < -0.39 is 11.9 Å². The van der Waals surface area contributed by atoms with Gasteiger partial charge in [0.25, 0.3) is 0 Å². The maximum Gasteiger partial charge on any atom is 0.240 e. The third-order valence-electron chi connectivity index (χ3n) is 3.43. The molecule has 0 unspecified atom stereocenters. The zero-order valence-electron chi connectivity index (χ0n) is 13.4. The van der Waals surface area contributed by atoms with Gasteiger partial charge in [0.2, 0.25) is 11.8 Å². The number of carbonyl (C=O) groups excluding carboxylic acids is 2. The van der Waals surface area contributed by atoms with Crippen molar-refractivity contribution in [2.75, 3.05) is 6.54 Å². The van der Waals surface area contributed by atoms with Gasteiger partial charge in [-0.15, -0.1) is 0 Å². The summed E-state index contributed by atoms with van der Waals surface area (Å²) in [5.74, 6) is -0.881. The van der Waals surface area contributed by atoms with Crippen molar-refractivity contribution < 1.29 is 9.59 Å². The van der Waals surface area contributed by atoms with Gasteiger partial charge in [-0.2, -0.15) is 0 Å². The standard InChI is InChI=1S/C16H25N5O2/c1-11-4-6-12(7-5-11)8-9-14(22)21-13(15(17)23)3-2-10-20-16(18)19/h4-7,13H,2-3,8-10H2,1H3,(H2,17,23)(H,21,22)(H4,18,19,20)/t13-/m0/s1. The van der Waals surface area contributed by atoms with Crippen molar-refractivity contribution in [3.05, 3.63) is 35.4 Å². The van der Waals surface area contributed by atoms with E-state index in [0.29, 0.717) is 32.2 Å². The number of hydrogen-bond acceptors (Lipinski definition) is 3. The number of rotatable bonds is 9. The Hall–Kier alpha value is -2.57. The van der Waals surface area contributed by atoms with E-state index in [1.165, 1.54) is 5.56 Å². The van der Waals surface area contributed by atoms with Gasteiger partial charge in [-0.1, -0.05) is 29.8 Å². The predicted octanol–water partition coefficient (Wildman–Crippen LogP) is 0.161. The molecule has 0 heterocycles. The molecule has 0 aliphatic heterocycles. The monoisotopic (exact) mass is 319 g/mol. The van der Waals surface area contributed by atoms with Crippen molar-refractivity contribution in [2.45, 2.75) is 38.6 Å². The minimum Gasteiger partial charge on any atom is -0.370 e. The lowest BCUT2D eigenvalue weighted by atomic mass is 10.1. The van der Waals surface area contributed by atoms with E-state index in [0.717, 1.165) is 5.56 Å². The summed E-state index contributed by atoms with van der Waals surface area (Å²) in [4.78, 5) is 23.3. The zero-order valence-corrected chi connectivity index (χ0v) is 13.4. The Morgan fingerprint density at radius 1 is 1.22 bits per heavy atom. The fourth-order valence-corrected chi connectivity index (χ4v) is 2.09. The Morgan fingerprint density at radius 2 is 1.87 bits per heavy atom. The van der Waals surface area contributed by atoms with Crippen LogP contribution >= 0.6 is 0 Å². The summed E-state index contributed by atoms with van der Waals surface area (Å²) in [5.41, 5.74) is 12.7. The predicted molar refractivity (Wildman–Crippen MR) is 89.8 cm³/mol. The average molecular weight is 319 g/mol. The van der Waals surface area contributed by atoms with Gasteiger partial charge >= 0.3 is 0 Å². The lowest BCUT2D eigenvalue weighted by Crippen LogP contribution is -2.45. The van der Waals surface area contributed by atoms with Crippen LogP contribution in [0.3, 0.4) is 0 Å². The van der Waals surface area contributed by atoms with Crippen LogP contribution in [0.1, 0.15) is 30.4 Å². The molecule has 0 aliphatic rings. The molecule has 0 radical (unpaired) electrons. The maximum atomic E-state index is 12.0. The highest BCUT2D eigenvalue weighted by molar-refractivity contribution is 5.86. The van der Waals surface area contributed by atoms with Crippen LogP contribution in [0.2, 0.25) is 0 Å². The second-order valence-corrected chi connectivity index (χ2v) is 5.49. The third-order valence-corrected chi connectivity index (χ3v) is 3.43. The molecule has 0 aliphatic carbocycles. The summed E-state index contributed by atoms with van der Waals surface area (Å²) >= 11 is 0. The minimum atomic E-state index is -0.700. The van der Waals surface area contributed by atoms with Crippen molar-refractivity contribution in [3.8, 4) is 0 Å². The summed E-state index contributed by atoms with van der Waals surface area (Å²) in [7, 11) is 0. The van der Waals surface area contributed by atoms with Gasteiger partial charge in [0, 0.05) is 13.0 Å². The summed E-state index contributed by atoms with van der Waals surface area (Å²) in [6.07, 6.45) is 1.90. The Labute approximate surface area is 136 Å². The number of guanidine groups is 1. The molecule has 1 aromatic rings. The molecule has 0 saturated heterocycles. The highest BCUT2D eigenvalue weighted by atomic mass is 16.2. The molecule has 0 fully saturated rings. The number of primary amides is 1. The highest BCUT2D eigenvalue weighted by Crippen LogP contribution is 2.06. The van der Waals surface area contributed by atoms with Crippen molar-refractivity contribution in [2.24, 2.45) is 11.5 Å². The highest BCUT2D eigenvalue weighted by Gasteiger charge is 2.17. The summed E-state index contributed by atoms with van der Waals surface area (Å²) in [5, 5.41) is 12.3. The number of amides is 2. The molecule has 7 N–H and O–H groups in total. The van der Waals surface area contributed by atoms with Crippen molar-refractivity contribution in [3.63, 3.8) is 0 Å². The molecular weight excluding hydrogens is 294 g/mol. The van der Waals surface area contributed by atoms with E-state index >= 15 is 0 Å². The van der Waals surface area contributed by atoms with E-state index in [-0.39, 0.29) is 11.9 Å². The van der Waals surface area contributed by atoms with Gasteiger partial charge in [0.15, 0.2) is 5.96 Å². The lowest BCUT2D eigenvalue weighted by Gasteiger charge is -2.15. The molecule has 0 bridgehead atoms. The molecule has 2 amide bonds. The Balaban J connectivity index is 2.36. The minimum absolute atomic E-state index is 0.122. The van der Waals surface area contributed by atoms with Crippen LogP contribution in [-0.2, 0) is 16.0 Å². The molecule has 23 heavy (non-hydrogen) atoms. The maximum absolute atomic E-state index is 12.0. The molecule has 1 aromatic carbocycles. The molecule has 1 rings (SSSR count). The Bertz CT molecular complexity index is 542. The van der Waals surface area contributed by atoms with Crippen molar-refractivity contribution in [1.82, 2.24) is 10.6 Å². The number of hydrogen-bond donors (Lipinski definition) is 5. The summed E-state index contributed by atoms with van der Waals surface area (Å²) < 4.78 is 0. The first kappa shape index (κ1) is 18.5. The zero-order chi connectivity index (χ0) is 17.2. The number of benzene rings is 1. The van der Waals surface area contributed by atoms with Gasteiger partial charge in [-0.05, 0) is 31.7 Å². The fourth-order valence-electron chi connectivity index (χ4n) is 2.09. The lowest BCUT2D eigenvalue weighted by molar-refractivity contribution is -0.127. The van der Waals surface area contributed by atoms with Gasteiger partial charge in [-0.25, -0.2) is 0 Å². The number of nitrogens with two attached hydrogens (primary N) is 2. The summed E-state index contributed by atoms with van der Waals surface area (Å²) in [6.45, 7) is 2.47. The molecule has 126 valence electrons. The summed E-state index contributed by atoms with van der Waals surface area (Å²) in [6, 6.07) is 7.28. The van der Waals surface area contributed by atoms with Gasteiger partial charge in [0.05, 0.1) is 0 Å². The Morgan fingerprint density at radius 3 is 2.43 bits per heavy atom. The number of aryl methyl sites for hydroxylation is 2. The first-order valence-corrected chi connectivity index (χ1v) is 7.60. The van der Waals surface area contributed by atoms with E-state index in [4.69, 9.17) is 16.9 Å². The normalized spacial score (nSPS) is 11.5. The van der Waals surface area contributed by atoms with Crippen LogP contribution in [-0.4, -0.2) is 30.4 Å². The molecule has 0 saturated carbocycles. The van der Waals surface area contributed by atoms with E-state index in [1.54, 1.807) is 0 Å². The first-order chi connectivity index (χ1) is 10.9. The van der Waals surface area contributed by atoms with Crippen LogP contribution in [0.5, 0.6) is 0 Å². The molecule has 1 atom stereocenters. The molecule has 7 nitrogen and oxygen atoms in total. The van der Waals surface area contributed by atoms with Gasteiger partial charge < -0.3 is 22.1 Å². The fraction of sp³-hybridized carbons (Fsp3) is 0.438. The second-order valence-electron chi connectivity index (χ2n) is 5.49. The smallest absolute Gasteiger partial charge is 0.240 e. The van der Waals surface area contributed by atoms with Gasteiger partial charge in [-0.3, -0.25) is 15.0 Å². The largest absolute Gasteiger partial charge is 0.370 e. The third kappa shape index (κ3) is 7.85. The van der Waals surface area contributed by atoms with E-state index in [1.807, 2.05) is 31.2 Å². The average Bonchev–Trinajstić information content (AvgIpc) is 2.49. The Kier molecular flexibility index (Phi) is 7.59. The van der Waals surface area contributed by atoms with Crippen LogP contribution in [0.4, 0.5) is 0 Å². The van der Waals surface area contributed by atoms with E-state index in [2.05, 4.69) is 10.6 Å². The SMILES string of the molecule is Cc1ccc(CCC(=O)N[C@@H](CCCNC(=N)N)C(N)=O)cc1. The van der Waals surface area contributed by atoms with Crippen LogP contribution in [0.15, 0.2) is 24.3 Å². The molecule has 0 aromatic heterocycles. The van der Waals surface area contributed by atoms with Crippen molar-refractivity contribution in [1.29, 1.82) is 5.41 Å². The second kappa shape index (κ2) is 9.45. The first-order valence-electron chi connectivity index (χ1n) is 7.60.